The van der Waals surface area contributed by atoms with Crippen molar-refractivity contribution in [2.75, 3.05) is 30.5 Å². The lowest BCUT2D eigenvalue weighted by Gasteiger charge is -2.17. The van der Waals surface area contributed by atoms with Gasteiger partial charge in [-0.2, -0.15) is 0 Å². The zero-order valence-electron chi connectivity index (χ0n) is 13.4. The number of amides is 3. The van der Waals surface area contributed by atoms with Gasteiger partial charge in [0.15, 0.2) is 0 Å². The average molecular weight is 329 g/mol. The van der Waals surface area contributed by atoms with Crippen LogP contribution in [0.5, 0.6) is 0 Å². The van der Waals surface area contributed by atoms with Crippen LogP contribution in [0.15, 0.2) is 41.0 Å². The van der Waals surface area contributed by atoms with Crippen LogP contribution >= 0.6 is 0 Å². The first-order chi connectivity index (χ1) is 11.7. The molecule has 2 heterocycles. The van der Waals surface area contributed by atoms with Crippen molar-refractivity contribution in [3.05, 3.63) is 47.9 Å². The maximum absolute atomic E-state index is 12.0. The summed E-state index contributed by atoms with van der Waals surface area (Å²) in [6, 6.07) is 8.77. The summed E-state index contributed by atoms with van der Waals surface area (Å²) in [6.07, 6.45) is 2.32. The molecule has 1 aliphatic heterocycles. The molecule has 0 saturated carbocycles. The minimum Gasteiger partial charge on any atom is -0.467 e. The number of furan rings is 1. The number of carbonyl (C=O) groups is 2. The second kappa shape index (κ2) is 7.18. The molecular formula is C17H19N3O4. The van der Waals surface area contributed by atoms with E-state index < -0.39 is 0 Å². The fourth-order valence-electron chi connectivity index (χ4n) is 2.70. The second-order valence-corrected chi connectivity index (χ2v) is 5.46. The Kier molecular flexibility index (Phi) is 4.81. The zero-order valence-corrected chi connectivity index (χ0v) is 13.4. The number of nitrogens with one attached hydrogen (secondary N) is 2. The van der Waals surface area contributed by atoms with Crippen LogP contribution in [0.1, 0.15) is 11.3 Å². The van der Waals surface area contributed by atoms with Gasteiger partial charge in [-0.3, -0.25) is 4.79 Å². The molecule has 0 radical (unpaired) electrons. The highest BCUT2D eigenvalue weighted by Crippen LogP contribution is 2.30. The second-order valence-electron chi connectivity index (χ2n) is 5.46. The van der Waals surface area contributed by atoms with Crippen LogP contribution in [0.25, 0.3) is 0 Å². The summed E-state index contributed by atoms with van der Waals surface area (Å²) in [5.74, 6) is 0.625. The number of urea groups is 1. The molecule has 0 unspecified atom stereocenters. The van der Waals surface area contributed by atoms with Gasteiger partial charge in [0, 0.05) is 25.0 Å². The largest absolute Gasteiger partial charge is 0.467 e. The number of nitrogens with zero attached hydrogens (tertiary/aromatic N) is 1. The summed E-state index contributed by atoms with van der Waals surface area (Å²) in [5, 5.41) is 5.50. The molecular weight excluding hydrogens is 310 g/mol. The maximum Gasteiger partial charge on any atom is 0.319 e. The van der Waals surface area contributed by atoms with Gasteiger partial charge in [0.25, 0.3) is 5.91 Å². The van der Waals surface area contributed by atoms with Crippen molar-refractivity contribution < 1.29 is 18.7 Å². The lowest BCUT2D eigenvalue weighted by atomic mass is 10.1. The van der Waals surface area contributed by atoms with Crippen LogP contribution in [0.4, 0.5) is 16.2 Å². The highest BCUT2D eigenvalue weighted by Gasteiger charge is 2.24. The Hall–Kier alpha value is -2.80. The van der Waals surface area contributed by atoms with E-state index in [1.807, 2.05) is 12.1 Å². The van der Waals surface area contributed by atoms with E-state index in [0.717, 1.165) is 17.7 Å². The van der Waals surface area contributed by atoms with Crippen LogP contribution < -0.4 is 15.5 Å². The van der Waals surface area contributed by atoms with E-state index in [4.69, 9.17) is 9.15 Å². The monoisotopic (exact) mass is 329 g/mol. The Morgan fingerprint density at radius 3 is 2.96 bits per heavy atom. The molecule has 126 valence electrons. The predicted octanol–water partition coefficient (Wildman–Crippen LogP) is 2.14. The molecule has 3 amide bonds. The third-order valence-electron chi connectivity index (χ3n) is 3.81. The molecule has 0 saturated heterocycles. The Labute approximate surface area is 139 Å². The first-order valence-electron chi connectivity index (χ1n) is 7.67. The number of carbonyl (C=O) groups excluding carboxylic acids is 2. The van der Waals surface area contributed by atoms with Crippen molar-refractivity contribution in [2.24, 2.45) is 0 Å². The van der Waals surface area contributed by atoms with Crippen LogP contribution in [0.2, 0.25) is 0 Å². The van der Waals surface area contributed by atoms with E-state index in [1.165, 1.54) is 7.11 Å². The number of benzene rings is 1. The van der Waals surface area contributed by atoms with Crippen LogP contribution in [-0.4, -0.2) is 32.2 Å². The molecule has 0 spiro atoms. The Morgan fingerprint density at radius 2 is 2.21 bits per heavy atom. The Morgan fingerprint density at radius 1 is 1.33 bits per heavy atom. The van der Waals surface area contributed by atoms with Crippen molar-refractivity contribution >= 4 is 23.3 Å². The lowest BCUT2D eigenvalue weighted by molar-refractivity contribution is -0.122. The molecule has 0 fully saturated rings. The summed E-state index contributed by atoms with van der Waals surface area (Å²) in [6.45, 7) is 1.02. The van der Waals surface area contributed by atoms with E-state index in [0.29, 0.717) is 24.5 Å². The number of methoxy groups -OCH3 is 1. The first-order valence-corrected chi connectivity index (χ1v) is 7.67. The summed E-state index contributed by atoms with van der Waals surface area (Å²) >= 11 is 0. The zero-order chi connectivity index (χ0) is 16.9. The molecule has 2 N–H and O–H groups in total. The minimum atomic E-state index is -0.309. The summed E-state index contributed by atoms with van der Waals surface area (Å²) < 4.78 is 10.1. The third-order valence-corrected chi connectivity index (χ3v) is 3.81. The fraction of sp³-hybridized carbons (Fsp3) is 0.294. The molecule has 0 aliphatic carbocycles. The molecule has 3 rings (SSSR count). The minimum absolute atomic E-state index is 0.0619. The molecule has 0 atom stereocenters. The van der Waals surface area contributed by atoms with Gasteiger partial charge in [-0.05, 0) is 42.3 Å². The Balaban J connectivity index is 1.60. The number of fused-ring (bicyclic) bond motifs is 1. The van der Waals surface area contributed by atoms with Gasteiger partial charge in [-0.15, -0.1) is 0 Å². The Bertz CT molecular complexity index is 727. The van der Waals surface area contributed by atoms with Crippen molar-refractivity contribution in [3.8, 4) is 0 Å². The topological polar surface area (TPSA) is 83.8 Å². The normalized spacial score (nSPS) is 12.8. The quantitative estimate of drug-likeness (QED) is 0.880. The first kappa shape index (κ1) is 16.1. The molecule has 7 heteroatoms. The highest BCUT2D eigenvalue weighted by atomic mass is 16.5. The molecule has 1 aromatic heterocycles. The van der Waals surface area contributed by atoms with E-state index in [9.17, 15) is 9.59 Å². The van der Waals surface area contributed by atoms with Gasteiger partial charge < -0.3 is 24.7 Å². The number of hydrogen-bond acceptors (Lipinski definition) is 4. The molecule has 0 bridgehead atoms. The molecule has 24 heavy (non-hydrogen) atoms. The van der Waals surface area contributed by atoms with E-state index in [-0.39, 0.29) is 18.5 Å². The predicted molar refractivity (Wildman–Crippen MR) is 88.9 cm³/mol. The van der Waals surface area contributed by atoms with Gasteiger partial charge in [0.05, 0.1) is 12.8 Å². The SMILES string of the molecule is COCC(=O)N1CCc2cc(NC(=O)NCc3ccco3)ccc21. The standard InChI is InChI=1S/C17H19N3O4/c1-23-11-16(21)20-7-6-12-9-13(4-5-15(12)20)19-17(22)18-10-14-3-2-8-24-14/h2-5,8-9H,6-7,10-11H2,1H3,(H2,18,19,22). The van der Waals surface area contributed by atoms with Crippen molar-refractivity contribution in [1.82, 2.24) is 5.32 Å². The van der Waals surface area contributed by atoms with Crippen LogP contribution in [-0.2, 0) is 22.5 Å². The van der Waals surface area contributed by atoms with Crippen LogP contribution in [0, 0.1) is 0 Å². The van der Waals surface area contributed by atoms with Crippen molar-refractivity contribution in [2.45, 2.75) is 13.0 Å². The van der Waals surface area contributed by atoms with Gasteiger partial charge in [0.2, 0.25) is 0 Å². The smallest absolute Gasteiger partial charge is 0.319 e. The van der Waals surface area contributed by atoms with Crippen molar-refractivity contribution in [3.63, 3.8) is 0 Å². The molecule has 1 aromatic carbocycles. The summed E-state index contributed by atoms with van der Waals surface area (Å²) in [7, 11) is 1.50. The number of hydrogen-bond donors (Lipinski definition) is 2. The van der Waals surface area contributed by atoms with Gasteiger partial charge in [0.1, 0.15) is 12.4 Å². The average Bonchev–Trinajstić information content (AvgIpc) is 3.22. The number of ether oxygens (including phenoxy) is 1. The number of anilines is 2. The van der Waals surface area contributed by atoms with Crippen LogP contribution in [0.3, 0.4) is 0 Å². The lowest BCUT2D eigenvalue weighted by Crippen LogP contribution is -2.32. The number of rotatable bonds is 5. The van der Waals surface area contributed by atoms with Gasteiger partial charge >= 0.3 is 6.03 Å². The molecule has 7 nitrogen and oxygen atoms in total. The van der Waals surface area contributed by atoms with Gasteiger partial charge in [-0.25, -0.2) is 4.79 Å². The fourth-order valence-corrected chi connectivity index (χ4v) is 2.70. The summed E-state index contributed by atoms with van der Waals surface area (Å²) in [5.41, 5.74) is 2.59. The van der Waals surface area contributed by atoms with Gasteiger partial charge in [-0.1, -0.05) is 0 Å². The molecule has 2 aromatic rings. The maximum atomic E-state index is 12.0. The molecule has 1 aliphatic rings. The highest BCUT2D eigenvalue weighted by molar-refractivity contribution is 5.97. The van der Waals surface area contributed by atoms with E-state index in [1.54, 1.807) is 29.4 Å². The summed E-state index contributed by atoms with van der Waals surface area (Å²) in [4.78, 5) is 25.6. The van der Waals surface area contributed by atoms with Crippen molar-refractivity contribution in [1.29, 1.82) is 0 Å². The van der Waals surface area contributed by atoms with E-state index in [2.05, 4.69) is 10.6 Å². The third kappa shape index (κ3) is 3.57. The van der Waals surface area contributed by atoms with E-state index >= 15 is 0 Å².